The Morgan fingerprint density at radius 3 is 2.46 bits per heavy atom. The van der Waals surface area contributed by atoms with Crippen LogP contribution in [0.2, 0.25) is 0 Å². The second-order valence-corrected chi connectivity index (χ2v) is 7.78. The van der Waals surface area contributed by atoms with Crippen LogP contribution in [0, 0.1) is 0 Å². The van der Waals surface area contributed by atoms with Crippen LogP contribution in [-0.4, -0.2) is 21.7 Å². The summed E-state index contributed by atoms with van der Waals surface area (Å²) in [4.78, 5) is 12.3. The van der Waals surface area contributed by atoms with Crippen LogP contribution in [0.15, 0.2) is 33.9 Å². The minimum Gasteiger partial charge on any atom is -0.416 e. The maximum atomic E-state index is 12.3. The third kappa shape index (κ3) is 3.72. The lowest BCUT2D eigenvalue weighted by molar-refractivity contribution is 0.102. The topological polar surface area (TPSA) is 56.0 Å². The molecule has 4 nitrogen and oxygen atoms in total. The van der Waals surface area contributed by atoms with Crippen molar-refractivity contribution in [1.29, 1.82) is 0 Å². The molecule has 0 aliphatic heterocycles. The first-order valence-electron chi connectivity index (χ1n) is 8.89. The zero-order valence-electron chi connectivity index (χ0n) is 13.7. The Morgan fingerprint density at radius 2 is 1.75 bits per heavy atom. The number of Topliss-reactive ketones (excluding diaryl/α,β-unsaturated/α-hetero) is 1. The summed E-state index contributed by atoms with van der Waals surface area (Å²) in [7, 11) is 0. The van der Waals surface area contributed by atoms with Crippen LogP contribution < -0.4 is 0 Å². The zero-order chi connectivity index (χ0) is 16.4. The highest BCUT2D eigenvalue weighted by Gasteiger charge is 2.29. The lowest BCUT2D eigenvalue weighted by Gasteiger charge is -2.22. The van der Waals surface area contributed by atoms with Gasteiger partial charge in [0.15, 0.2) is 5.78 Å². The van der Waals surface area contributed by atoms with Gasteiger partial charge < -0.3 is 4.42 Å². The molecule has 0 atom stereocenters. The van der Waals surface area contributed by atoms with Gasteiger partial charge in [-0.15, -0.1) is 10.2 Å². The molecule has 0 N–H and O–H groups in total. The fourth-order valence-corrected chi connectivity index (χ4v) is 4.03. The number of carbonyl (C=O) groups is 1. The molecule has 1 aromatic carbocycles. The monoisotopic (exact) mass is 342 g/mol. The number of nitrogens with zero attached hydrogens (tertiary/aromatic N) is 2. The quantitative estimate of drug-likeness (QED) is 0.548. The Bertz CT molecular complexity index is 700. The van der Waals surface area contributed by atoms with Crippen LogP contribution >= 0.6 is 11.8 Å². The first kappa shape index (κ1) is 15.9. The smallest absolute Gasteiger partial charge is 0.277 e. The molecule has 2 aliphatic rings. The molecule has 2 aromatic rings. The van der Waals surface area contributed by atoms with Crippen LogP contribution in [0.25, 0.3) is 0 Å². The summed E-state index contributed by atoms with van der Waals surface area (Å²) >= 11 is 1.33. The van der Waals surface area contributed by atoms with E-state index in [-0.39, 0.29) is 5.78 Å². The minimum absolute atomic E-state index is 0.112. The van der Waals surface area contributed by atoms with Crippen LogP contribution in [0.1, 0.15) is 78.6 Å². The van der Waals surface area contributed by atoms with Gasteiger partial charge in [-0.25, -0.2) is 0 Å². The molecule has 1 aromatic heterocycles. The largest absolute Gasteiger partial charge is 0.416 e. The average molecular weight is 342 g/mol. The van der Waals surface area contributed by atoms with E-state index in [9.17, 15) is 4.79 Å². The van der Waals surface area contributed by atoms with Gasteiger partial charge in [-0.05, 0) is 37.2 Å². The third-order valence-corrected chi connectivity index (χ3v) is 5.80. The number of hydrogen-bond acceptors (Lipinski definition) is 5. The maximum absolute atomic E-state index is 12.3. The second-order valence-electron chi connectivity index (χ2n) is 6.85. The van der Waals surface area contributed by atoms with Gasteiger partial charge in [0.1, 0.15) is 0 Å². The molecule has 0 amide bonds. The van der Waals surface area contributed by atoms with Gasteiger partial charge in [-0.1, -0.05) is 55.3 Å². The highest BCUT2D eigenvalue weighted by molar-refractivity contribution is 7.99. The first-order chi connectivity index (χ1) is 11.8. The summed E-state index contributed by atoms with van der Waals surface area (Å²) in [6.07, 6.45) is 8.86. The lowest BCUT2D eigenvalue weighted by Crippen LogP contribution is -2.06. The van der Waals surface area contributed by atoms with Crippen LogP contribution in [0.5, 0.6) is 0 Å². The van der Waals surface area contributed by atoms with E-state index in [1.807, 2.05) is 12.1 Å². The van der Waals surface area contributed by atoms with Crippen molar-refractivity contribution in [3.63, 3.8) is 0 Å². The van der Waals surface area contributed by atoms with E-state index in [1.165, 1.54) is 49.4 Å². The number of aromatic nitrogens is 2. The first-order valence-corrected chi connectivity index (χ1v) is 9.87. The second kappa shape index (κ2) is 7.09. The summed E-state index contributed by atoms with van der Waals surface area (Å²) in [5.74, 6) is 2.31. The Balaban J connectivity index is 1.33. The third-order valence-electron chi connectivity index (χ3n) is 4.98. The Hall–Kier alpha value is -1.62. The SMILES string of the molecule is O=C(CSc1nnc(C2CC2)o1)c1ccc(C2CCCCC2)cc1. The van der Waals surface area contributed by atoms with Crippen LogP contribution in [-0.2, 0) is 0 Å². The summed E-state index contributed by atoms with van der Waals surface area (Å²) in [6, 6.07) is 8.20. The minimum atomic E-state index is 0.112. The molecular formula is C19H22N2O2S. The fourth-order valence-electron chi connectivity index (χ4n) is 3.36. The van der Waals surface area contributed by atoms with Crippen molar-refractivity contribution < 1.29 is 9.21 Å². The number of thioether (sulfide) groups is 1. The van der Waals surface area contributed by atoms with Gasteiger partial charge in [-0.2, -0.15) is 0 Å². The van der Waals surface area contributed by atoms with Crippen LogP contribution in [0.3, 0.4) is 0 Å². The highest BCUT2D eigenvalue weighted by Crippen LogP contribution is 2.39. The zero-order valence-corrected chi connectivity index (χ0v) is 14.6. The number of rotatable bonds is 6. The van der Waals surface area contributed by atoms with Crippen molar-refractivity contribution in [2.24, 2.45) is 0 Å². The predicted octanol–water partition coefficient (Wildman–Crippen LogP) is 4.97. The maximum Gasteiger partial charge on any atom is 0.277 e. The Kier molecular flexibility index (Phi) is 4.69. The van der Waals surface area contributed by atoms with E-state index in [0.29, 0.717) is 22.8 Å². The summed E-state index contributed by atoms with van der Waals surface area (Å²) in [6.45, 7) is 0. The van der Waals surface area contributed by atoms with E-state index in [0.717, 1.165) is 24.3 Å². The molecule has 0 saturated heterocycles. The Morgan fingerprint density at radius 1 is 1.00 bits per heavy atom. The van der Waals surface area contributed by atoms with Crippen molar-refractivity contribution in [2.45, 2.75) is 62.0 Å². The molecule has 126 valence electrons. The molecular weight excluding hydrogens is 320 g/mol. The molecule has 2 aliphatic carbocycles. The number of ketones is 1. The van der Waals surface area contributed by atoms with Gasteiger partial charge in [0.2, 0.25) is 5.89 Å². The standard InChI is InChI=1S/C19H22N2O2S/c22-17(12-24-19-21-20-18(23-19)16-10-11-16)15-8-6-14(7-9-15)13-4-2-1-3-5-13/h6-9,13,16H,1-5,10-12H2. The van der Waals surface area contributed by atoms with Crippen molar-refractivity contribution >= 4 is 17.5 Å². The van der Waals surface area contributed by atoms with Gasteiger partial charge in [0, 0.05) is 11.5 Å². The highest BCUT2D eigenvalue weighted by atomic mass is 32.2. The molecule has 2 saturated carbocycles. The predicted molar refractivity (Wildman–Crippen MR) is 93.6 cm³/mol. The molecule has 2 fully saturated rings. The van der Waals surface area contributed by atoms with Crippen molar-refractivity contribution in [3.05, 3.63) is 41.3 Å². The van der Waals surface area contributed by atoms with Crippen molar-refractivity contribution in [1.82, 2.24) is 10.2 Å². The molecule has 5 heteroatoms. The fraction of sp³-hybridized carbons (Fsp3) is 0.526. The van der Waals surface area contributed by atoms with E-state index >= 15 is 0 Å². The van der Waals surface area contributed by atoms with E-state index in [4.69, 9.17) is 4.42 Å². The average Bonchev–Trinajstić information content (AvgIpc) is 3.39. The number of benzene rings is 1. The van der Waals surface area contributed by atoms with Gasteiger partial charge >= 0.3 is 0 Å². The van der Waals surface area contributed by atoms with E-state index in [2.05, 4.69) is 22.3 Å². The summed E-state index contributed by atoms with van der Waals surface area (Å²) in [5, 5.41) is 8.56. The van der Waals surface area contributed by atoms with Gasteiger partial charge in [0.25, 0.3) is 5.22 Å². The van der Waals surface area contributed by atoms with E-state index < -0.39 is 0 Å². The molecule has 4 rings (SSSR count). The molecule has 0 spiro atoms. The Labute approximate surface area is 146 Å². The normalized spacial score (nSPS) is 18.7. The molecule has 1 heterocycles. The number of hydrogen-bond donors (Lipinski definition) is 0. The number of carbonyl (C=O) groups excluding carboxylic acids is 1. The summed E-state index contributed by atoms with van der Waals surface area (Å²) in [5.41, 5.74) is 2.15. The molecule has 0 unspecified atom stereocenters. The van der Waals surface area contributed by atoms with Crippen molar-refractivity contribution in [2.75, 3.05) is 5.75 Å². The molecule has 24 heavy (non-hydrogen) atoms. The summed E-state index contributed by atoms with van der Waals surface area (Å²) < 4.78 is 5.58. The van der Waals surface area contributed by atoms with Gasteiger partial charge in [-0.3, -0.25) is 4.79 Å². The van der Waals surface area contributed by atoms with Crippen LogP contribution in [0.4, 0.5) is 0 Å². The van der Waals surface area contributed by atoms with Crippen molar-refractivity contribution in [3.8, 4) is 0 Å². The lowest BCUT2D eigenvalue weighted by atomic mass is 9.84. The van der Waals surface area contributed by atoms with E-state index in [1.54, 1.807) is 0 Å². The van der Waals surface area contributed by atoms with Gasteiger partial charge in [0.05, 0.1) is 5.75 Å². The molecule has 0 radical (unpaired) electrons. The molecule has 0 bridgehead atoms.